The van der Waals surface area contributed by atoms with Gasteiger partial charge in [-0.2, -0.15) is 10.5 Å². The summed E-state index contributed by atoms with van der Waals surface area (Å²) >= 11 is 6.19. The highest BCUT2D eigenvalue weighted by atomic mass is 32.1. The minimum absolute atomic E-state index is 0.333. The quantitative estimate of drug-likeness (QED) is 0.105. The molecule has 0 bridgehead atoms. The molecule has 0 fully saturated rings. The van der Waals surface area contributed by atoms with Crippen molar-refractivity contribution in [3.8, 4) is 10.8 Å². The van der Waals surface area contributed by atoms with Gasteiger partial charge >= 0.3 is 0 Å². The number of nitrogens with zero attached hydrogens (tertiary/aromatic N) is 2. The van der Waals surface area contributed by atoms with Crippen LogP contribution in [0.3, 0.4) is 0 Å². The van der Waals surface area contributed by atoms with Crippen molar-refractivity contribution in [3.05, 3.63) is 0 Å². The topological polar surface area (TPSA) is 220 Å². The van der Waals surface area contributed by atoms with Gasteiger partial charge in [-0.1, -0.05) is 25.3 Å². The van der Waals surface area contributed by atoms with Crippen molar-refractivity contribution in [2.45, 2.75) is 0 Å². The molecule has 0 heterocycles. The Bertz CT molecular complexity index is 187. The molecule has 0 radical (unpaired) electrons. The summed E-state index contributed by atoms with van der Waals surface area (Å²) in [5.74, 6) is -0.667. The molecule has 0 saturated carbocycles. The molecule has 0 aliphatic rings. The van der Waals surface area contributed by atoms with Gasteiger partial charge in [0.1, 0.15) is 10.8 Å². The fourth-order valence-electron chi connectivity index (χ4n) is 0. The Labute approximate surface area is 105 Å². The van der Waals surface area contributed by atoms with Gasteiger partial charge in [-0.15, -0.1) is 0 Å². The Kier molecular flexibility index (Phi) is 93.5. The standard InChI is InChI=1S/2CH5N3.2CHNS.CH4O/c2*2-1(3)4;2*2-1-3;1-2/h2*(H5,2,3,4);2*3H;2H,1H3. The molecule has 0 atom stereocenters. The second-order valence-electron chi connectivity index (χ2n) is 1.11. The Morgan fingerprint density at radius 2 is 0.938 bits per heavy atom. The Morgan fingerprint density at radius 1 is 0.938 bits per heavy atom. The lowest BCUT2D eigenvalue weighted by molar-refractivity contribution is 0.399. The van der Waals surface area contributed by atoms with Gasteiger partial charge in [-0.05, 0) is 0 Å². The summed E-state index contributed by atoms with van der Waals surface area (Å²) in [5, 5.41) is 36.4. The number of thiol groups is 2. The second kappa shape index (κ2) is 51.2. The van der Waals surface area contributed by atoms with E-state index in [1.54, 1.807) is 0 Å². The molecule has 9 nitrogen and oxygen atoms in total. The van der Waals surface area contributed by atoms with Crippen LogP contribution in [0.25, 0.3) is 0 Å². The molecule has 0 amide bonds. The number of aliphatic hydroxyl groups is 1. The minimum Gasteiger partial charge on any atom is -0.400 e. The SMILES string of the molecule is CO.N#CS.N#CS.N=C(N)N.N=C(N)N. The molecule has 11 heteroatoms. The maximum Gasteiger partial charge on any atom is 0.183 e. The van der Waals surface area contributed by atoms with E-state index in [-0.39, 0.29) is 11.9 Å². The first-order valence-corrected chi connectivity index (χ1v) is 3.89. The van der Waals surface area contributed by atoms with E-state index in [1.807, 2.05) is 0 Å². The molecular formula is C5H16N8OS2. The molecule has 94 valence electrons. The minimum atomic E-state index is -0.333. The summed E-state index contributed by atoms with van der Waals surface area (Å²) in [6, 6.07) is 0. The number of hydrogen-bond donors (Lipinski definition) is 9. The number of hydrogen-bond acceptors (Lipinski definition) is 7. The molecule has 0 saturated heterocycles. The van der Waals surface area contributed by atoms with Crippen LogP contribution in [0.1, 0.15) is 0 Å². The highest BCUT2D eigenvalue weighted by Gasteiger charge is 1.52. The number of nitrogens with two attached hydrogens (primary N) is 4. The van der Waals surface area contributed by atoms with Gasteiger partial charge in [-0.3, -0.25) is 10.8 Å². The number of nitriles is 2. The van der Waals surface area contributed by atoms with Crippen LogP contribution < -0.4 is 22.9 Å². The molecular weight excluding hydrogens is 252 g/mol. The van der Waals surface area contributed by atoms with Gasteiger partial charge in [0.15, 0.2) is 11.9 Å². The average Bonchev–Trinajstić information content (AvgIpc) is 2.07. The molecule has 0 rings (SSSR count). The van der Waals surface area contributed by atoms with E-state index in [0.29, 0.717) is 0 Å². The number of aliphatic hydroxyl groups excluding tert-OH is 1. The monoisotopic (exact) mass is 268 g/mol. The first-order valence-electron chi connectivity index (χ1n) is 3.00. The van der Waals surface area contributed by atoms with Gasteiger partial charge in [0.05, 0.1) is 0 Å². The van der Waals surface area contributed by atoms with Crippen molar-refractivity contribution < 1.29 is 5.11 Å². The summed E-state index contributed by atoms with van der Waals surface area (Å²) in [6.45, 7) is 0. The van der Waals surface area contributed by atoms with Crippen LogP contribution in [0.15, 0.2) is 0 Å². The normalized spacial score (nSPS) is 4.38. The predicted molar refractivity (Wildman–Crippen MR) is 69.5 cm³/mol. The zero-order valence-electron chi connectivity index (χ0n) is 8.55. The largest absolute Gasteiger partial charge is 0.400 e. The Hall–Kier alpha value is -1.82. The van der Waals surface area contributed by atoms with Crippen LogP contribution >= 0.6 is 25.3 Å². The van der Waals surface area contributed by atoms with E-state index in [2.05, 4.69) is 48.2 Å². The van der Waals surface area contributed by atoms with E-state index in [0.717, 1.165) is 7.11 Å². The fraction of sp³-hybridized carbons (Fsp3) is 0.200. The molecule has 0 aromatic rings. The summed E-state index contributed by atoms with van der Waals surface area (Å²) in [4.78, 5) is 0. The van der Waals surface area contributed by atoms with Crippen LogP contribution in [0.5, 0.6) is 0 Å². The Balaban J connectivity index is -0.0000000322. The van der Waals surface area contributed by atoms with Gasteiger partial charge in [0.2, 0.25) is 0 Å². The lowest BCUT2D eigenvalue weighted by Crippen LogP contribution is -2.20. The van der Waals surface area contributed by atoms with Crippen molar-refractivity contribution in [1.82, 2.24) is 0 Å². The molecule has 0 aromatic heterocycles. The van der Waals surface area contributed by atoms with Gasteiger partial charge in [0.25, 0.3) is 0 Å². The number of nitrogens with one attached hydrogen (secondary N) is 2. The average molecular weight is 268 g/mol. The maximum absolute atomic E-state index is 7.18. The molecule has 0 aliphatic carbocycles. The third-order valence-corrected chi connectivity index (χ3v) is 0. The lowest BCUT2D eigenvalue weighted by Gasteiger charge is -1.69. The predicted octanol–water partition coefficient (Wildman–Crippen LogP) is -1.92. The van der Waals surface area contributed by atoms with Crippen molar-refractivity contribution in [2.24, 2.45) is 22.9 Å². The molecule has 11 N–H and O–H groups in total. The summed E-state index contributed by atoms with van der Waals surface area (Å²) in [5.41, 5.74) is 17.9. The van der Waals surface area contributed by atoms with E-state index in [4.69, 9.17) is 26.4 Å². The smallest absolute Gasteiger partial charge is 0.183 e. The van der Waals surface area contributed by atoms with Crippen LogP contribution in [-0.2, 0) is 0 Å². The number of thiocyanates is 2. The fourth-order valence-corrected chi connectivity index (χ4v) is 0. The van der Waals surface area contributed by atoms with Crippen molar-refractivity contribution >= 4 is 37.2 Å². The first kappa shape index (κ1) is 29.2. The third-order valence-electron chi connectivity index (χ3n) is 0. The molecule has 0 aliphatic heterocycles. The molecule has 0 spiro atoms. The maximum atomic E-state index is 7.18. The lowest BCUT2D eigenvalue weighted by atomic mass is 11.1. The van der Waals surface area contributed by atoms with Crippen LogP contribution in [0.2, 0.25) is 0 Å². The van der Waals surface area contributed by atoms with Crippen LogP contribution in [0.4, 0.5) is 0 Å². The molecule has 16 heavy (non-hydrogen) atoms. The van der Waals surface area contributed by atoms with Crippen molar-refractivity contribution in [1.29, 1.82) is 21.3 Å². The number of guanidine groups is 2. The zero-order valence-corrected chi connectivity index (χ0v) is 10.3. The highest BCUT2D eigenvalue weighted by Crippen LogP contribution is 1.46. The summed E-state index contributed by atoms with van der Waals surface area (Å²) in [6.07, 6.45) is 0. The summed E-state index contributed by atoms with van der Waals surface area (Å²) < 4.78 is 0. The van der Waals surface area contributed by atoms with Crippen LogP contribution in [0, 0.1) is 32.1 Å². The molecule has 0 unspecified atom stereocenters. The zero-order chi connectivity index (χ0) is 14.6. The van der Waals surface area contributed by atoms with E-state index >= 15 is 0 Å². The van der Waals surface area contributed by atoms with E-state index in [1.165, 1.54) is 10.8 Å². The first-order chi connectivity index (χ1) is 7.29. The third kappa shape index (κ3) is 460. The number of rotatable bonds is 0. The van der Waals surface area contributed by atoms with E-state index < -0.39 is 0 Å². The van der Waals surface area contributed by atoms with Crippen molar-refractivity contribution in [3.63, 3.8) is 0 Å². The van der Waals surface area contributed by atoms with Gasteiger partial charge < -0.3 is 28.0 Å². The van der Waals surface area contributed by atoms with E-state index in [9.17, 15) is 0 Å². The second-order valence-corrected chi connectivity index (χ2v) is 1.51. The summed E-state index contributed by atoms with van der Waals surface area (Å²) in [7, 11) is 1.00. The van der Waals surface area contributed by atoms with Crippen molar-refractivity contribution in [2.75, 3.05) is 7.11 Å². The Morgan fingerprint density at radius 3 is 0.938 bits per heavy atom. The molecule has 0 aromatic carbocycles. The van der Waals surface area contributed by atoms with Crippen LogP contribution in [-0.4, -0.2) is 24.1 Å². The highest BCUT2D eigenvalue weighted by molar-refractivity contribution is 7.85. The van der Waals surface area contributed by atoms with Gasteiger partial charge in [0, 0.05) is 7.11 Å². The van der Waals surface area contributed by atoms with Gasteiger partial charge in [-0.25, -0.2) is 0 Å².